The first-order chi connectivity index (χ1) is 8.27. The molecule has 0 bridgehead atoms. The SMILES string of the molecule is Nc1cc(N2CC(S(N)(=O)=O)CC2=O)nc(N)n1. The van der Waals surface area contributed by atoms with Crippen molar-refractivity contribution in [1.82, 2.24) is 9.97 Å². The van der Waals surface area contributed by atoms with Gasteiger partial charge < -0.3 is 11.5 Å². The molecule has 1 aromatic rings. The van der Waals surface area contributed by atoms with Crippen LogP contribution in [-0.4, -0.2) is 36.1 Å². The van der Waals surface area contributed by atoms with Gasteiger partial charge in [-0.15, -0.1) is 0 Å². The summed E-state index contributed by atoms with van der Waals surface area (Å²) in [7, 11) is -3.77. The number of primary sulfonamides is 1. The smallest absolute Gasteiger partial charge is 0.229 e. The second kappa shape index (κ2) is 4.07. The Morgan fingerprint density at radius 3 is 2.50 bits per heavy atom. The predicted octanol–water partition coefficient (Wildman–Crippen LogP) is -1.97. The lowest BCUT2D eigenvalue weighted by Crippen LogP contribution is -2.32. The number of sulfonamides is 1. The summed E-state index contributed by atoms with van der Waals surface area (Å²) in [6.45, 7) is -0.0619. The number of aromatic nitrogens is 2. The minimum absolute atomic E-state index is 0.0619. The molecule has 0 aliphatic carbocycles. The lowest BCUT2D eigenvalue weighted by Gasteiger charge is -2.15. The zero-order chi connectivity index (χ0) is 13.5. The summed E-state index contributed by atoms with van der Waals surface area (Å²) in [5.41, 5.74) is 10.9. The van der Waals surface area contributed by atoms with Crippen molar-refractivity contribution in [2.75, 3.05) is 22.9 Å². The summed E-state index contributed by atoms with van der Waals surface area (Å²) in [6, 6.07) is 1.35. The fourth-order valence-corrected chi connectivity index (χ4v) is 2.46. The van der Waals surface area contributed by atoms with Crippen LogP contribution in [0.1, 0.15) is 6.42 Å². The van der Waals surface area contributed by atoms with E-state index in [9.17, 15) is 13.2 Å². The van der Waals surface area contributed by atoms with Crippen LogP contribution in [0.15, 0.2) is 6.07 Å². The van der Waals surface area contributed by atoms with Gasteiger partial charge in [0.15, 0.2) is 0 Å². The first-order valence-corrected chi connectivity index (χ1v) is 6.60. The molecule has 2 heterocycles. The van der Waals surface area contributed by atoms with E-state index in [1.54, 1.807) is 0 Å². The first-order valence-electron chi connectivity index (χ1n) is 4.99. The Hall–Kier alpha value is -1.94. The molecule has 1 amide bonds. The Morgan fingerprint density at radius 1 is 1.33 bits per heavy atom. The fraction of sp³-hybridized carbons (Fsp3) is 0.375. The molecule has 1 unspecified atom stereocenters. The van der Waals surface area contributed by atoms with Crippen molar-refractivity contribution in [2.24, 2.45) is 5.14 Å². The Bertz CT molecular complexity index is 581. The van der Waals surface area contributed by atoms with E-state index in [-0.39, 0.29) is 30.5 Å². The van der Waals surface area contributed by atoms with E-state index in [0.717, 1.165) is 0 Å². The average Bonchev–Trinajstić information content (AvgIpc) is 2.58. The zero-order valence-corrected chi connectivity index (χ0v) is 10.1. The molecule has 1 atom stereocenters. The highest BCUT2D eigenvalue weighted by molar-refractivity contribution is 7.89. The molecule has 1 saturated heterocycles. The second-order valence-corrected chi connectivity index (χ2v) is 5.77. The first kappa shape index (κ1) is 12.5. The van der Waals surface area contributed by atoms with Crippen LogP contribution in [0, 0.1) is 0 Å². The van der Waals surface area contributed by atoms with Gasteiger partial charge in [0.2, 0.25) is 21.9 Å². The molecule has 6 N–H and O–H groups in total. The number of amides is 1. The van der Waals surface area contributed by atoms with Crippen LogP contribution in [0.5, 0.6) is 0 Å². The third-order valence-corrected chi connectivity index (χ3v) is 3.83. The molecule has 0 aromatic carbocycles. The standard InChI is InChI=1S/C8H12N6O3S/c9-5-2-6(13-8(10)12-5)14-3-4(1-7(14)15)18(11,16)17/h2,4H,1,3H2,(H2,11,16,17)(H4,9,10,12,13). The maximum Gasteiger partial charge on any atom is 0.229 e. The van der Waals surface area contributed by atoms with Crippen LogP contribution in [0.3, 0.4) is 0 Å². The van der Waals surface area contributed by atoms with Gasteiger partial charge in [-0.2, -0.15) is 9.97 Å². The summed E-state index contributed by atoms with van der Waals surface area (Å²) in [5, 5.41) is 4.07. The average molecular weight is 272 g/mol. The van der Waals surface area contributed by atoms with Gasteiger partial charge in [0.05, 0.1) is 0 Å². The fourth-order valence-electron chi connectivity index (χ4n) is 1.73. The van der Waals surface area contributed by atoms with E-state index >= 15 is 0 Å². The van der Waals surface area contributed by atoms with Crippen LogP contribution in [-0.2, 0) is 14.8 Å². The quantitative estimate of drug-likeness (QED) is 0.563. The largest absolute Gasteiger partial charge is 0.383 e. The number of carbonyl (C=O) groups is 1. The van der Waals surface area contributed by atoms with Gasteiger partial charge in [-0.3, -0.25) is 9.69 Å². The summed E-state index contributed by atoms with van der Waals surface area (Å²) in [6.07, 6.45) is -0.178. The number of anilines is 3. The predicted molar refractivity (Wildman–Crippen MR) is 64.7 cm³/mol. The Balaban J connectivity index is 2.32. The minimum atomic E-state index is -3.77. The molecule has 1 fully saturated rings. The molecule has 1 aromatic heterocycles. The Labute approximate surface area is 103 Å². The van der Waals surface area contributed by atoms with Gasteiger partial charge in [0, 0.05) is 19.0 Å². The highest BCUT2D eigenvalue weighted by Crippen LogP contribution is 2.23. The van der Waals surface area contributed by atoms with Gasteiger partial charge >= 0.3 is 0 Å². The van der Waals surface area contributed by atoms with Crippen molar-refractivity contribution in [3.05, 3.63) is 6.07 Å². The summed E-state index contributed by atoms with van der Waals surface area (Å²) < 4.78 is 22.4. The lowest BCUT2D eigenvalue weighted by molar-refractivity contribution is -0.117. The number of carbonyl (C=O) groups excluding carboxylic acids is 1. The molecular weight excluding hydrogens is 260 g/mol. The highest BCUT2D eigenvalue weighted by Gasteiger charge is 2.37. The molecular formula is C8H12N6O3S. The molecule has 0 radical (unpaired) electrons. The summed E-state index contributed by atoms with van der Waals surface area (Å²) in [5.74, 6) is -0.205. The number of nitrogens with zero attached hydrogens (tertiary/aromatic N) is 3. The van der Waals surface area contributed by atoms with Crippen molar-refractivity contribution < 1.29 is 13.2 Å². The molecule has 9 nitrogen and oxygen atoms in total. The van der Waals surface area contributed by atoms with Crippen LogP contribution in [0.4, 0.5) is 17.6 Å². The van der Waals surface area contributed by atoms with Gasteiger partial charge in [-0.05, 0) is 0 Å². The molecule has 98 valence electrons. The molecule has 18 heavy (non-hydrogen) atoms. The molecule has 1 aliphatic rings. The number of hydrogen-bond acceptors (Lipinski definition) is 7. The summed E-state index contributed by atoms with van der Waals surface area (Å²) in [4.78, 5) is 20.4. The van der Waals surface area contributed by atoms with Crippen molar-refractivity contribution in [1.29, 1.82) is 0 Å². The van der Waals surface area contributed by atoms with Gasteiger partial charge in [0.1, 0.15) is 16.9 Å². The number of nitrogens with two attached hydrogens (primary N) is 3. The van der Waals surface area contributed by atoms with E-state index in [0.29, 0.717) is 0 Å². The van der Waals surface area contributed by atoms with Crippen LogP contribution in [0.25, 0.3) is 0 Å². The lowest BCUT2D eigenvalue weighted by atomic mass is 10.4. The Morgan fingerprint density at radius 2 is 2.00 bits per heavy atom. The van der Waals surface area contributed by atoms with Crippen molar-refractivity contribution >= 4 is 33.5 Å². The van der Waals surface area contributed by atoms with Crippen LogP contribution < -0.4 is 21.5 Å². The van der Waals surface area contributed by atoms with Gasteiger partial charge in [-0.25, -0.2) is 13.6 Å². The van der Waals surface area contributed by atoms with E-state index in [4.69, 9.17) is 16.6 Å². The van der Waals surface area contributed by atoms with E-state index in [2.05, 4.69) is 9.97 Å². The maximum absolute atomic E-state index is 11.7. The van der Waals surface area contributed by atoms with E-state index < -0.39 is 21.2 Å². The van der Waals surface area contributed by atoms with Gasteiger partial charge in [-0.1, -0.05) is 0 Å². The van der Waals surface area contributed by atoms with Crippen LogP contribution in [0.2, 0.25) is 0 Å². The van der Waals surface area contributed by atoms with Crippen molar-refractivity contribution in [2.45, 2.75) is 11.7 Å². The molecule has 10 heteroatoms. The number of rotatable bonds is 2. The third-order valence-electron chi connectivity index (χ3n) is 2.58. The van der Waals surface area contributed by atoms with E-state index in [1.165, 1.54) is 11.0 Å². The summed E-state index contributed by atoms with van der Waals surface area (Å²) >= 11 is 0. The molecule has 2 rings (SSSR count). The van der Waals surface area contributed by atoms with Crippen molar-refractivity contribution in [3.63, 3.8) is 0 Å². The second-order valence-electron chi connectivity index (χ2n) is 3.93. The highest BCUT2D eigenvalue weighted by atomic mass is 32.2. The monoisotopic (exact) mass is 272 g/mol. The molecule has 1 aliphatic heterocycles. The molecule has 0 spiro atoms. The number of hydrogen-bond donors (Lipinski definition) is 3. The topological polar surface area (TPSA) is 158 Å². The normalized spacial score (nSPS) is 20.4. The Kier molecular flexibility index (Phi) is 2.83. The minimum Gasteiger partial charge on any atom is -0.383 e. The van der Waals surface area contributed by atoms with E-state index in [1.807, 2.05) is 0 Å². The number of nitrogen functional groups attached to an aromatic ring is 2. The third kappa shape index (κ3) is 2.33. The van der Waals surface area contributed by atoms with Crippen molar-refractivity contribution in [3.8, 4) is 0 Å². The maximum atomic E-state index is 11.7. The van der Waals surface area contributed by atoms with Crippen LogP contribution >= 0.6 is 0 Å². The zero-order valence-electron chi connectivity index (χ0n) is 9.28. The van der Waals surface area contributed by atoms with Gasteiger partial charge in [0.25, 0.3) is 0 Å². The molecule has 0 saturated carbocycles.